The van der Waals surface area contributed by atoms with Gasteiger partial charge in [0.2, 0.25) is 0 Å². The van der Waals surface area contributed by atoms with Crippen molar-refractivity contribution < 1.29 is 27.1 Å². The number of pyridine rings is 1. The second-order valence-corrected chi connectivity index (χ2v) is 4.60. The van der Waals surface area contributed by atoms with Gasteiger partial charge in [-0.15, -0.1) is 0 Å². The lowest BCUT2D eigenvalue weighted by Gasteiger charge is -2.10. The van der Waals surface area contributed by atoms with Crippen molar-refractivity contribution in [1.29, 1.82) is 0 Å². The summed E-state index contributed by atoms with van der Waals surface area (Å²) in [7, 11) is 0. The Kier molecular flexibility index (Phi) is 4.83. The van der Waals surface area contributed by atoms with Crippen molar-refractivity contribution in [3.8, 4) is 0 Å². The van der Waals surface area contributed by atoms with E-state index in [1.807, 2.05) is 0 Å². The number of halogens is 4. The smallest absolute Gasteiger partial charge is 0.421 e. The van der Waals surface area contributed by atoms with Gasteiger partial charge in [-0.05, 0) is 18.2 Å². The molecule has 2 aromatic rings. The first-order valence-corrected chi connectivity index (χ1v) is 6.44. The Labute approximate surface area is 127 Å². The van der Waals surface area contributed by atoms with Crippen LogP contribution >= 0.6 is 0 Å². The highest BCUT2D eigenvalue weighted by molar-refractivity contribution is 5.69. The molecule has 1 heterocycles. The van der Waals surface area contributed by atoms with Crippen LogP contribution in [0.25, 0.3) is 0 Å². The number of carbonyl (C=O) groups excluding carboxylic acids is 1. The van der Waals surface area contributed by atoms with Gasteiger partial charge in [-0.1, -0.05) is 18.2 Å². The molecule has 0 spiro atoms. The molecule has 0 aliphatic heterocycles. The second kappa shape index (κ2) is 6.64. The van der Waals surface area contributed by atoms with Crippen LogP contribution in [0.2, 0.25) is 0 Å². The fourth-order valence-electron chi connectivity index (χ4n) is 1.84. The average molecular weight is 329 g/mol. The minimum atomic E-state index is -4.81. The molecule has 122 valence electrons. The third-order valence-electron chi connectivity index (χ3n) is 2.97. The van der Waals surface area contributed by atoms with Gasteiger partial charge in [0.15, 0.2) is 0 Å². The number of aromatic nitrogens is 1. The first-order chi connectivity index (χ1) is 10.8. The monoisotopic (exact) mass is 329 g/mol. The molecule has 1 aromatic heterocycles. The molecule has 0 unspecified atom stereocenters. The molecule has 0 aliphatic carbocycles. The number of alkyl halides is 3. The summed E-state index contributed by atoms with van der Waals surface area (Å²) in [5, 5.41) is 0. The number of carbonyl (C=O) groups is 1. The van der Waals surface area contributed by atoms with Crippen LogP contribution in [0.4, 0.5) is 17.6 Å². The van der Waals surface area contributed by atoms with Crippen molar-refractivity contribution in [2.75, 3.05) is 0 Å². The summed E-state index contributed by atoms with van der Waals surface area (Å²) < 4.78 is 56.5. The Morgan fingerprint density at radius 1 is 1.13 bits per heavy atom. The molecule has 0 aliphatic rings. The molecule has 2 rings (SSSR count). The van der Waals surface area contributed by atoms with Crippen molar-refractivity contribution in [2.45, 2.75) is 19.3 Å². The van der Waals surface area contributed by atoms with E-state index in [1.165, 1.54) is 18.2 Å². The van der Waals surface area contributed by atoms with E-state index in [2.05, 4.69) is 0 Å². The van der Waals surface area contributed by atoms with Gasteiger partial charge >= 0.3 is 12.1 Å². The van der Waals surface area contributed by atoms with Gasteiger partial charge in [-0.25, -0.2) is 4.39 Å². The molecule has 8 heteroatoms. The lowest BCUT2D eigenvalue weighted by Crippen LogP contribution is -2.30. The Bertz CT molecular complexity index is 768. The van der Waals surface area contributed by atoms with Crippen molar-refractivity contribution in [3.05, 3.63) is 69.9 Å². The van der Waals surface area contributed by atoms with Gasteiger partial charge in [-0.2, -0.15) is 13.2 Å². The highest BCUT2D eigenvalue weighted by Crippen LogP contribution is 2.25. The van der Waals surface area contributed by atoms with Crippen molar-refractivity contribution >= 4 is 5.97 Å². The van der Waals surface area contributed by atoms with Crippen LogP contribution in [0, 0.1) is 5.82 Å². The lowest BCUT2D eigenvalue weighted by molar-refractivity contribution is -0.146. The molecular formula is C15H11F4NO3. The molecule has 1 aromatic carbocycles. The van der Waals surface area contributed by atoms with Crippen molar-refractivity contribution in [2.24, 2.45) is 0 Å². The van der Waals surface area contributed by atoms with E-state index in [9.17, 15) is 27.2 Å². The van der Waals surface area contributed by atoms with Gasteiger partial charge in [-0.3, -0.25) is 9.59 Å². The van der Waals surface area contributed by atoms with Gasteiger partial charge in [0, 0.05) is 11.8 Å². The van der Waals surface area contributed by atoms with E-state index in [0.29, 0.717) is 10.6 Å². The molecule has 23 heavy (non-hydrogen) atoms. The van der Waals surface area contributed by atoms with Crippen LogP contribution in [0.3, 0.4) is 0 Å². The van der Waals surface area contributed by atoms with Gasteiger partial charge in [0.25, 0.3) is 5.56 Å². The van der Waals surface area contributed by atoms with E-state index in [4.69, 9.17) is 4.74 Å². The summed E-state index contributed by atoms with van der Waals surface area (Å²) in [4.78, 5) is 23.3. The van der Waals surface area contributed by atoms with Crippen LogP contribution < -0.4 is 5.56 Å². The Hall–Kier alpha value is -2.64. The van der Waals surface area contributed by atoms with Crippen molar-refractivity contribution in [3.63, 3.8) is 0 Å². The average Bonchev–Trinajstić information content (AvgIpc) is 2.47. The quantitative estimate of drug-likeness (QED) is 0.640. The number of rotatable bonds is 4. The topological polar surface area (TPSA) is 48.3 Å². The fraction of sp³-hybridized carbons (Fsp3) is 0.200. The Morgan fingerprint density at radius 3 is 2.48 bits per heavy atom. The third-order valence-corrected chi connectivity index (χ3v) is 2.97. The summed E-state index contributed by atoms with van der Waals surface area (Å²) in [5.41, 5.74) is -2.60. The molecule has 0 amide bonds. The summed E-state index contributed by atoms with van der Waals surface area (Å²) in [6, 6.07) is 7.23. The number of ether oxygens (including phenoxy) is 1. The zero-order valence-corrected chi connectivity index (χ0v) is 11.6. The fourth-order valence-corrected chi connectivity index (χ4v) is 1.84. The molecule has 0 N–H and O–H groups in total. The molecular weight excluding hydrogens is 318 g/mol. The summed E-state index contributed by atoms with van der Waals surface area (Å²) in [6.07, 6.45) is -3.76. The van der Waals surface area contributed by atoms with Crippen LogP contribution in [0.5, 0.6) is 0 Å². The molecule has 4 nitrogen and oxygen atoms in total. The first-order valence-electron chi connectivity index (χ1n) is 6.44. The number of nitrogens with zero attached hydrogens (tertiary/aromatic N) is 1. The number of esters is 1. The number of hydrogen-bond acceptors (Lipinski definition) is 3. The molecule has 0 radical (unpaired) electrons. The van der Waals surface area contributed by atoms with Gasteiger partial charge in [0.1, 0.15) is 24.5 Å². The summed E-state index contributed by atoms with van der Waals surface area (Å²) in [5.74, 6) is -1.52. The zero-order chi connectivity index (χ0) is 17.0. The van der Waals surface area contributed by atoms with E-state index in [0.717, 1.165) is 12.3 Å². The Morgan fingerprint density at radius 2 is 1.83 bits per heavy atom. The third kappa shape index (κ3) is 4.18. The largest absolute Gasteiger partial charge is 0.459 e. The molecule has 0 saturated carbocycles. The standard InChI is InChI=1S/C15H11F4NO3/c16-12-6-2-1-4-10(12)9-23-13(21)8-20-7-3-5-11(14(20)22)15(17,18)19/h1-7H,8-9H2. The predicted molar refractivity (Wildman–Crippen MR) is 71.9 cm³/mol. The van der Waals surface area contributed by atoms with E-state index in [-0.39, 0.29) is 12.2 Å². The van der Waals surface area contributed by atoms with E-state index < -0.39 is 35.6 Å². The lowest BCUT2D eigenvalue weighted by atomic mass is 10.2. The zero-order valence-electron chi connectivity index (χ0n) is 11.6. The highest BCUT2D eigenvalue weighted by Gasteiger charge is 2.34. The van der Waals surface area contributed by atoms with Crippen LogP contribution in [0.15, 0.2) is 47.4 Å². The van der Waals surface area contributed by atoms with Crippen molar-refractivity contribution in [1.82, 2.24) is 4.57 Å². The number of benzene rings is 1. The summed E-state index contributed by atoms with van der Waals surface area (Å²) >= 11 is 0. The van der Waals surface area contributed by atoms with Crippen LogP contribution in [0.1, 0.15) is 11.1 Å². The molecule has 0 atom stereocenters. The highest BCUT2D eigenvalue weighted by atomic mass is 19.4. The maximum absolute atomic E-state index is 13.3. The molecule has 0 bridgehead atoms. The maximum atomic E-state index is 13.3. The van der Waals surface area contributed by atoms with Gasteiger partial charge < -0.3 is 9.30 Å². The molecule has 0 fully saturated rings. The first kappa shape index (κ1) is 16.7. The van der Waals surface area contributed by atoms with Crippen LogP contribution in [-0.2, 0) is 28.9 Å². The van der Waals surface area contributed by atoms with Gasteiger partial charge in [0.05, 0.1) is 0 Å². The van der Waals surface area contributed by atoms with E-state index >= 15 is 0 Å². The Balaban J connectivity index is 2.07. The SMILES string of the molecule is O=C(Cn1cccc(C(F)(F)F)c1=O)OCc1ccccc1F. The maximum Gasteiger partial charge on any atom is 0.421 e. The normalized spacial score (nSPS) is 11.3. The van der Waals surface area contributed by atoms with Crippen LogP contribution in [-0.4, -0.2) is 10.5 Å². The molecule has 0 saturated heterocycles. The minimum absolute atomic E-state index is 0.122. The van der Waals surface area contributed by atoms with E-state index in [1.54, 1.807) is 6.07 Å². The minimum Gasteiger partial charge on any atom is -0.459 e. The second-order valence-electron chi connectivity index (χ2n) is 4.60. The number of hydrogen-bond donors (Lipinski definition) is 0. The predicted octanol–water partition coefficient (Wildman–Crippen LogP) is 2.75. The summed E-state index contributed by atoms with van der Waals surface area (Å²) in [6.45, 7) is -1.07.